The minimum Gasteiger partial charge on any atom is -0.309 e. The average molecular weight is 572 g/mol. The van der Waals surface area contributed by atoms with Gasteiger partial charge < -0.3 is 4.57 Å². The first-order valence-electron chi connectivity index (χ1n) is 14.3. The molecule has 0 radical (unpaired) electrons. The van der Waals surface area contributed by atoms with Gasteiger partial charge >= 0.3 is 0 Å². The predicted octanol–water partition coefficient (Wildman–Crippen LogP) is 8.01. The molecule has 5 aromatic carbocycles. The Balaban J connectivity index is 1.18. The number of benzene rings is 5. The summed E-state index contributed by atoms with van der Waals surface area (Å²) in [7, 11) is -3.01. The summed E-state index contributed by atoms with van der Waals surface area (Å²) in [5.41, 5.74) is 6.78. The van der Waals surface area contributed by atoms with Crippen molar-refractivity contribution in [2.24, 2.45) is 0 Å². The Morgan fingerprint density at radius 3 is 1.63 bits per heavy atom. The number of hydrogen-bond donors (Lipinski definition) is 0. The van der Waals surface area contributed by atoms with Gasteiger partial charge in [0.15, 0.2) is 12.8 Å². The lowest BCUT2D eigenvalue weighted by Gasteiger charge is -2.20. The lowest BCUT2D eigenvalue weighted by molar-refractivity contribution is 0.592. The van der Waals surface area contributed by atoms with Crippen LogP contribution < -0.4 is 15.9 Å². The molecule has 5 heteroatoms. The van der Waals surface area contributed by atoms with Crippen molar-refractivity contribution in [1.29, 1.82) is 0 Å². The summed E-state index contributed by atoms with van der Waals surface area (Å²) in [6, 6.07) is 50.6. The molecule has 0 saturated carbocycles. The lowest BCUT2D eigenvalue weighted by atomic mass is 10.00. The molecule has 0 N–H and O–H groups in total. The third-order valence-electron chi connectivity index (χ3n) is 8.12. The Kier molecular flexibility index (Phi) is 6.03. The van der Waals surface area contributed by atoms with E-state index in [4.69, 9.17) is 9.97 Å². The van der Waals surface area contributed by atoms with Gasteiger partial charge in [0.1, 0.15) is 11.2 Å². The highest BCUT2D eigenvalue weighted by atomic mass is 31.2. The van der Waals surface area contributed by atoms with Gasteiger partial charge in [0.2, 0.25) is 0 Å². The van der Waals surface area contributed by atoms with Crippen molar-refractivity contribution < 1.29 is 4.57 Å². The number of pyridine rings is 2. The highest BCUT2D eigenvalue weighted by Gasteiger charge is 2.29. The fourth-order valence-corrected chi connectivity index (χ4v) is 8.61. The van der Waals surface area contributed by atoms with E-state index in [9.17, 15) is 4.57 Å². The Morgan fingerprint density at radius 1 is 0.465 bits per heavy atom. The molecule has 3 heterocycles. The van der Waals surface area contributed by atoms with Gasteiger partial charge in [0, 0.05) is 38.4 Å². The zero-order valence-electron chi connectivity index (χ0n) is 23.2. The van der Waals surface area contributed by atoms with E-state index in [0.29, 0.717) is 0 Å². The second-order valence-electron chi connectivity index (χ2n) is 10.6. The number of hydrogen-bond acceptors (Lipinski definition) is 3. The second-order valence-corrected chi connectivity index (χ2v) is 13.4. The molecule has 43 heavy (non-hydrogen) atoms. The molecule has 0 aliphatic carbocycles. The van der Waals surface area contributed by atoms with Crippen LogP contribution in [0.4, 0.5) is 0 Å². The number of nitrogens with zero attached hydrogens (tertiary/aromatic N) is 3. The lowest BCUT2D eigenvalue weighted by Crippen LogP contribution is -2.24. The number of imidazole rings is 1. The predicted molar refractivity (Wildman–Crippen MR) is 178 cm³/mol. The highest BCUT2D eigenvalue weighted by Crippen LogP contribution is 2.42. The van der Waals surface area contributed by atoms with Crippen LogP contribution in [0.2, 0.25) is 0 Å². The quantitative estimate of drug-likeness (QED) is 0.197. The van der Waals surface area contributed by atoms with Crippen LogP contribution in [-0.4, -0.2) is 14.4 Å². The van der Waals surface area contributed by atoms with E-state index in [1.54, 1.807) is 0 Å². The van der Waals surface area contributed by atoms with Crippen molar-refractivity contribution in [1.82, 2.24) is 14.4 Å². The number of aromatic nitrogens is 3. The van der Waals surface area contributed by atoms with Crippen LogP contribution >= 0.6 is 7.14 Å². The molecule has 4 nitrogen and oxygen atoms in total. The van der Waals surface area contributed by atoms with Crippen LogP contribution in [0.25, 0.3) is 50.0 Å². The molecule has 204 valence electrons. The summed E-state index contributed by atoms with van der Waals surface area (Å²) in [5.74, 6) is 0. The first-order chi connectivity index (χ1) is 21.2. The van der Waals surface area contributed by atoms with Crippen LogP contribution in [0.5, 0.6) is 0 Å². The van der Waals surface area contributed by atoms with Crippen molar-refractivity contribution >= 4 is 50.6 Å². The van der Waals surface area contributed by atoms with Gasteiger partial charge in [0.05, 0.1) is 5.69 Å². The number of rotatable bonds is 5. The summed E-state index contributed by atoms with van der Waals surface area (Å²) >= 11 is 0. The molecule has 0 fully saturated rings. The third kappa shape index (κ3) is 4.19. The Labute approximate surface area is 249 Å². The molecule has 0 saturated heterocycles. The molecular weight excluding hydrogens is 545 g/mol. The summed E-state index contributed by atoms with van der Waals surface area (Å²) in [6.45, 7) is 0. The van der Waals surface area contributed by atoms with E-state index in [1.807, 2.05) is 102 Å². The zero-order valence-corrected chi connectivity index (χ0v) is 24.1. The maximum atomic E-state index is 14.7. The van der Waals surface area contributed by atoms with E-state index >= 15 is 0 Å². The normalized spacial score (nSPS) is 11.8. The van der Waals surface area contributed by atoms with Crippen molar-refractivity contribution in [3.63, 3.8) is 0 Å². The molecule has 3 aromatic heterocycles. The fraction of sp³-hybridized carbons (Fsp3) is 0. The topological polar surface area (TPSA) is 47.3 Å². The molecule has 0 aliphatic rings. The Hall–Kier alpha value is -5.31. The van der Waals surface area contributed by atoms with Crippen molar-refractivity contribution in [2.75, 3.05) is 0 Å². The molecule has 8 aromatic rings. The zero-order chi connectivity index (χ0) is 28.8. The van der Waals surface area contributed by atoms with Gasteiger partial charge in [0.25, 0.3) is 0 Å². The Bertz CT molecular complexity index is 2250. The van der Waals surface area contributed by atoms with Crippen LogP contribution in [0.15, 0.2) is 158 Å². The van der Waals surface area contributed by atoms with E-state index < -0.39 is 7.14 Å². The van der Waals surface area contributed by atoms with Crippen LogP contribution in [-0.2, 0) is 4.57 Å². The standard InChI is InChI=1S/C38H26N3OP/c42-43(30-11-3-1-4-12-30,31-13-5-2-6-14-31)32-24-22-28(23-25-32)27-18-20-29(21-19-27)36-33-15-7-8-16-34(33)37-38(40-36)41-26-10-9-17-35(41)39-37/h1-26H. The summed E-state index contributed by atoms with van der Waals surface area (Å²) in [5, 5.41) is 4.66. The minimum atomic E-state index is -3.01. The van der Waals surface area contributed by atoms with Crippen LogP contribution in [0, 0.1) is 0 Å². The smallest absolute Gasteiger partial charge is 0.171 e. The van der Waals surface area contributed by atoms with Gasteiger partial charge in [-0.1, -0.05) is 140 Å². The minimum absolute atomic E-state index is 0.822. The van der Waals surface area contributed by atoms with Gasteiger partial charge in [-0.25, -0.2) is 9.97 Å². The highest BCUT2D eigenvalue weighted by molar-refractivity contribution is 7.85. The van der Waals surface area contributed by atoms with E-state index in [-0.39, 0.29) is 0 Å². The van der Waals surface area contributed by atoms with Crippen molar-refractivity contribution in [3.8, 4) is 22.4 Å². The molecule has 8 rings (SSSR count). The van der Waals surface area contributed by atoms with Gasteiger partial charge in [-0.15, -0.1) is 0 Å². The van der Waals surface area contributed by atoms with Crippen molar-refractivity contribution in [3.05, 3.63) is 158 Å². The molecule has 0 atom stereocenters. The fourth-order valence-electron chi connectivity index (χ4n) is 5.96. The largest absolute Gasteiger partial charge is 0.309 e. The molecule has 0 aliphatic heterocycles. The molecule has 0 bridgehead atoms. The maximum absolute atomic E-state index is 14.7. The summed E-state index contributed by atoms with van der Waals surface area (Å²) in [4.78, 5) is 10.0. The van der Waals surface area contributed by atoms with Crippen LogP contribution in [0.3, 0.4) is 0 Å². The van der Waals surface area contributed by atoms with Gasteiger partial charge in [-0.3, -0.25) is 4.40 Å². The Morgan fingerprint density at radius 2 is 0.977 bits per heavy atom. The summed E-state index contributed by atoms with van der Waals surface area (Å²) < 4.78 is 16.8. The van der Waals surface area contributed by atoms with Crippen LogP contribution in [0.1, 0.15) is 0 Å². The van der Waals surface area contributed by atoms with E-state index in [2.05, 4.69) is 60.7 Å². The molecule has 0 unspecified atom stereocenters. The average Bonchev–Trinajstić information content (AvgIpc) is 3.47. The first kappa shape index (κ1) is 25.4. The van der Waals surface area contributed by atoms with E-state index in [1.165, 1.54) is 0 Å². The SMILES string of the molecule is O=P(c1ccccc1)(c1ccccc1)c1ccc(-c2ccc(-c3nc4c(nc5ccccn54)c4ccccc34)cc2)cc1. The molecular formula is C38H26N3OP. The summed E-state index contributed by atoms with van der Waals surface area (Å²) in [6.07, 6.45) is 2.01. The molecule has 0 spiro atoms. The van der Waals surface area contributed by atoms with E-state index in [0.717, 1.165) is 65.9 Å². The molecule has 0 amide bonds. The van der Waals surface area contributed by atoms with Gasteiger partial charge in [-0.2, -0.15) is 0 Å². The second kappa shape index (κ2) is 10.2. The monoisotopic (exact) mass is 571 g/mol. The maximum Gasteiger partial charge on any atom is 0.171 e. The first-order valence-corrected chi connectivity index (χ1v) is 16.0. The third-order valence-corrected chi connectivity index (χ3v) is 11.2. The van der Waals surface area contributed by atoms with Crippen molar-refractivity contribution in [2.45, 2.75) is 0 Å². The number of fused-ring (bicyclic) bond motifs is 5. The van der Waals surface area contributed by atoms with Gasteiger partial charge in [-0.05, 0) is 23.3 Å².